The van der Waals surface area contributed by atoms with Crippen molar-refractivity contribution in [2.45, 2.75) is 25.7 Å². The van der Waals surface area contributed by atoms with Crippen molar-refractivity contribution in [3.05, 3.63) is 18.0 Å². The normalized spacial score (nSPS) is 38.0. The molecule has 0 aromatic carbocycles. The van der Waals surface area contributed by atoms with Gasteiger partial charge in [-0.25, -0.2) is 0 Å². The van der Waals surface area contributed by atoms with E-state index in [-0.39, 0.29) is 0 Å². The molecule has 3 rings (SSSR count). The molecule has 2 aliphatic carbocycles. The van der Waals surface area contributed by atoms with Gasteiger partial charge in [-0.2, -0.15) is 5.10 Å². The van der Waals surface area contributed by atoms with Crippen molar-refractivity contribution >= 4 is 15.9 Å². The van der Waals surface area contributed by atoms with Crippen LogP contribution in [0.5, 0.6) is 0 Å². The second-order valence-electron chi connectivity index (χ2n) is 5.46. The van der Waals surface area contributed by atoms with E-state index in [1.807, 2.05) is 17.9 Å². The fourth-order valence-electron chi connectivity index (χ4n) is 3.25. The van der Waals surface area contributed by atoms with Gasteiger partial charge in [0.1, 0.15) is 0 Å². The minimum Gasteiger partial charge on any atom is -0.276 e. The molecule has 2 fully saturated rings. The van der Waals surface area contributed by atoms with Gasteiger partial charge < -0.3 is 0 Å². The van der Waals surface area contributed by atoms with Crippen molar-refractivity contribution < 1.29 is 0 Å². The quantitative estimate of drug-likeness (QED) is 0.771. The molecule has 15 heavy (non-hydrogen) atoms. The van der Waals surface area contributed by atoms with Crippen LogP contribution >= 0.6 is 15.9 Å². The van der Waals surface area contributed by atoms with Crippen molar-refractivity contribution in [3.63, 3.8) is 0 Å². The highest BCUT2D eigenvalue weighted by Crippen LogP contribution is 2.61. The number of alkyl halides is 1. The zero-order valence-corrected chi connectivity index (χ0v) is 10.7. The molecule has 2 atom stereocenters. The maximum Gasteiger partial charge on any atom is 0.0630 e. The monoisotopic (exact) mass is 268 g/mol. The summed E-state index contributed by atoms with van der Waals surface area (Å²) in [4.78, 5) is 0. The van der Waals surface area contributed by atoms with Crippen LogP contribution in [0.1, 0.15) is 25.0 Å². The third-order valence-electron chi connectivity index (χ3n) is 4.07. The molecular weight excluding hydrogens is 252 g/mol. The first-order valence-corrected chi connectivity index (χ1v) is 6.87. The molecular formula is C12H17BrN2. The lowest BCUT2D eigenvalue weighted by Crippen LogP contribution is -2.24. The lowest BCUT2D eigenvalue weighted by Gasteiger charge is -2.27. The van der Waals surface area contributed by atoms with Crippen LogP contribution in [0.4, 0.5) is 0 Å². The minimum absolute atomic E-state index is 0.516. The lowest BCUT2D eigenvalue weighted by atomic mass is 9.81. The standard InChI is InChI=1S/C12H17BrN2/c1-15-3-2-11(14-15)7-12(8-13)5-9-4-10(9)6-12/h2-3,9-10H,4-8H2,1H3. The summed E-state index contributed by atoms with van der Waals surface area (Å²) in [5.74, 6) is 2.09. The van der Waals surface area contributed by atoms with Crippen molar-refractivity contribution in [1.82, 2.24) is 9.78 Å². The summed E-state index contributed by atoms with van der Waals surface area (Å²) in [6, 6.07) is 2.16. The summed E-state index contributed by atoms with van der Waals surface area (Å²) in [6.07, 6.45) is 7.54. The van der Waals surface area contributed by atoms with E-state index < -0.39 is 0 Å². The van der Waals surface area contributed by atoms with Crippen LogP contribution in [0.2, 0.25) is 0 Å². The summed E-state index contributed by atoms with van der Waals surface area (Å²) in [7, 11) is 2.00. The average Bonchev–Trinajstić information content (AvgIpc) is 2.65. The van der Waals surface area contributed by atoms with Gasteiger partial charge in [0.25, 0.3) is 0 Å². The van der Waals surface area contributed by atoms with Gasteiger partial charge in [0, 0.05) is 18.6 Å². The molecule has 0 spiro atoms. The Bertz CT molecular complexity index is 361. The van der Waals surface area contributed by atoms with Crippen LogP contribution in [0.15, 0.2) is 12.3 Å². The Balaban J connectivity index is 1.75. The Labute approximate surface area is 99.2 Å². The van der Waals surface area contributed by atoms with Gasteiger partial charge in [-0.1, -0.05) is 15.9 Å². The van der Waals surface area contributed by atoms with E-state index in [4.69, 9.17) is 0 Å². The number of aromatic nitrogens is 2. The van der Waals surface area contributed by atoms with Crippen molar-refractivity contribution in [2.75, 3.05) is 5.33 Å². The molecule has 0 bridgehead atoms. The van der Waals surface area contributed by atoms with Crippen LogP contribution in [0.25, 0.3) is 0 Å². The van der Waals surface area contributed by atoms with E-state index in [0.717, 1.165) is 23.6 Å². The fraction of sp³-hybridized carbons (Fsp3) is 0.750. The second kappa shape index (κ2) is 3.34. The van der Waals surface area contributed by atoms with E-state index in [0.29, 0.717) is 5.41 Å². The largest absolute Gasteiger partial charge is 0.276 e. The summed E-state index contributed by atoms with van der Waals surface area (Å²) in [5.41, 5.74) is 1.78. The van der Waals surface area contributed by atoms with E-state index in [2.05, 4.69) is 27.1 Å². The highest BCUT2D eigenvalue weighted by molar-refractivity contribution is 9.09. The predicted octanol–water partition coefficient (Wildman–Crippen LogP) is 2.77. The van der Waals surface area contributed by atoms with Gasteiger partial charge in [-0.3, -0.25) is 4.68 Å². The second-order valence-corrected chi connectivity index (χ2v) is 6.02. The molecule has 1 aromatic rings. The number of hydrogen-bond acceptors (Lipinski definition) is 1. The van der Waals surface area contributed by atoms with Gasteiger partial charge in [0.2, 0.25) is 0 Å². The van der Waals surface area contributed by atoms with E-state index in [1.165, 1.54) is 25.0 Å². The molecule has 82 valence electrons. The number of rotatable bonds is 3. The van der Waals surface area contributed by atoms with Crippen LogP contribution < -0.4 is 0 Å². The number of aryl methyl sites for hydroxylation is 1. The lowest BCUT2D eigenvalue weighted by molar-refractivity contribution is 0.304. The van der Waals surface area contributed by atoms with Gasteiger partial charge in [-0.15, -0.1) is 0 Å². The molecule has 3 heteroatoms. The average molecular weight is 269 g/mol. The van der Waals surface area contributed by atoms with Crippen LogP contribution in [0.3, 0.4) is 0 Å². The zero-order chi connectivity index (χ0) is 10.5. The smallest absolute Gasteiger partial charge is 0.0630 e. The number of nitrogens with zero attached hydrogens (tertiary/aromatic N) is 2. The molecule has 2 saturated carbocycles. The number of hydrogen-bond donors (Lipinski definition) is 0. The molecule has 2 nitrogen and oxygen atoms in total. The van der Waals surface area contributed by atoms with Crippen LogP contribution in [0, 0.1) is 17.3 Å². The van der Waals surface area contributed by atoms with Crippen LogP contribution in [-0.2, 0) is 13.5 Å². The summed E-state index contributed by atoms with van der Waals surface area (Å²) in [6.45, 7) is 0. The highest BCUT2D eigenvalue weighted by Gasteiger charge is 2.53. The van der Waals surface area contributed by atoms with Crippen molar-refractivity contribution in [1.29, 1.82) is 0 Å². The third-order valence-corrected chi connectivity index (χ3v) is 5.26. The minimum atomic E-state index is 0.516. The maximum atomic E-state index is 4.50. The van der Waals surface area contributed by atoms with E-state index >= 15 is 0 Å². The maximum absolute atomic E-state index is 4.50. The molecule has 1 heterocycles. The van der Waals surface area contributed by atoms with E-state index in [9.17, 15) is 0 Å². The predicted molar refractivity (Wildman–Crippen MR) is 64.0 cm³/mol. The molecule has 0 amide bonds. The van der Waals surface area contributed by atoms with Gasteiger partial charge in [0.15, 0.2) is 0 Å². The Morgan fingerprint density at radius 1 is 1.53 bits per heavy atom. The molecule has 0 aliphatic heterocycles. The first kappa shape index (κ1) is 9.88. The topological polar surface area (TPSA) is 17.8 Å². The van der Waals surface area contributed by atoms with Gasteiger partial charge in [0.05, 0.1) is 5.69 Å². The van der Waals surface area contributed by atoms with Crippen LogP contribution in [-0.4, -0.2) is 15.1 Å². The molecule has 2 unspecified atom stereocenters. The molecule has 1 aromatic heterocycles. The van der Waals surface area contributed by atoms with E-state index in [1.54, 1.807) is 0 Å². The fourth-order valence-corrected chi connectivity index (χ4v) is 3.90. The zero-order valence-electron chi connectivity index (χ0n) is 9.12. The summed E-state index contributed by atoms with van der Waals surface area (Å²) >= 11 is 3.71. The Morgan fingerprint density at radius 3 is 2.80 bits per heavy atom. The molecule has 0 saturated heterocycles. The number of fused-ring (bicyclic) bond motifs is 1. The molecule has 0 radical (unpaired) electrons. The summed E-state index contributed by atoms with van der Waals surface area (Å²) in [5, 5.41) is 5.65. The third kappa shape index (κ3) is 1.75. The highest BCUT2D eigenvalue weighted by atomic mass is 79.9. The molecule has 2 aliphatic rings. The Morgan fingerprint density at radius 2 is 2.27 bits per heavy atom. The first-order valence-electron chi connectivity index (χ1n) is 5.75. The number of halogens is 1. The molecule has 0 N–H and O–H groups in total. The van der Waals surface area contributed by atoms with Crippen molar-refractivity contribution in [3.8, 4) is 0 Å². The van der Waals surface area contributed by atoms with Crippen molar-refractivity contribution in [2.24, 2.45) is 24.3 Å². The van der Waals surface area contributed by atoms with Gasteiger partial charge >= 0.3 is 0 Å². The van der Waals surface area contributed by atoms with Gasteiger partial charge in [-0.05, 0) is 49.0 Å². The SMILES string of the molecule is Cn1ccc(CC2(CBr)CC3CC3C2)n1. The Kier molecular flexibility index (Phi) is 2.20. The first-order chi connectivity index (χ1) is 7.21. The summed E-state index contributed by atoms with van der Waals surface area (Å²) < 4.78 is 1.91. The Hall–Kier alpha value is -0.310.